The van der Waals surface area contributed by atoms with E-state index in [4.69, 9.17) is 9.26 Å². The lowest BCUT2D eigenvalue weighted by molar-refractivity contribution is 0.0759. The number of nitrogens with zero attached hydrogens (tertiary/aromatic N) is 5. The second kappa shape index (κ2) is 8.78. The topological polar surface area (TPSA) is 125 Å². The minimum absolute atomic E-state index is 0.107. The van der Waals surface area contributed by atoms with E-state index in [0.29, 0.717) is 24.4 Å². The third kappa shape index (κ3) is 4.44. The Morgan fingerprint density at radius 2 is 2.06 bits per heavy atom. The summed E-state index contributed by atoms with van der Waals surface area (Å²) in [4.78, 5) is 22.1. The largest absolute Gasteiger partial charge is 0.474 e. The van der Waals surface area contributed by atoms with Crippen molar-refractivity contribution in [2.75, 3.05) is 6.54 Å². The standard InChI is InChI=1S/C25H27N5O4/c1-14(2)33-22-17(12-26)11-18(13-27-22)23-28-21(29-34-23)16-6-7-19-15(10-16)8-9-30(24(31)32)20(19)25(3,4)5/h6-7,10-11,13-14,20H,8-9H2,1-5H3,(H,31,32). The number of hydrogen-bond acceptors (Lipinski definition) is 7. The molecule has 1 amide bonds. The van der Waals surface area contributed by atoms with Gasteiger partial charge < -0.3 is 19.3 Å². The number of pyridine rings is 1. The van der Waals surface area contributed by atoms with E-state index >= 15 is 0 Å². The molecule has 34 heavy (non-hydrogen) atoms. The zero-order chi connectivity index (χ0) is 24.6. The molecule has 1 atom stereocenters. The molecular weight excluding hydrogens is 434 g/mol. The average Bonchev–Trinajstić information content (AvgIpc) is 3.27. The second-order valence-electron chi connectivity index (χ2n) is 9.69. The monoisotopic (exact) mass is 461 g/mol. The van der Waals surface area contributed by atoms with Gasteiger partial charge in [-0.1, -0.05) is 38.1 Å². The Morgan fingerprint density at radius 3 is 2.71 bits per heavy atom. The van der Waals surface area contributed by atoms with Crippen LogP contribution in [-0.2, 0) is 6.42 Å². The van der Waals surface area contributed by atoms with Crippen LogP contribution in [0.25, 0.3) is 22.8 Å². The molecule has 1 N–H and O–H groups in total. The maximum absolute atomic E-state index is 11.8. The van der Waals surface area contributed by atoms with Crippen molar-refractivity contribution in [3.05, 3.63) is 47.2 Å². The summed E-state index contributed by atoms with van der Waals surface area (Å²) in [5.41, 5.74) is 3.40. The van der Waals surface area contributed by atoms with Gasteiger partial charge in [-0.15, -0.1) is 0 Å². The third-order valence-electron chi connectivity index (χ3n) is 5.69. The van der Waals surface area contributed by atoms with Gasteiger partial charge in [0, 0.05) is 18.3 Å². The fourth-order valence-corrected chi connectivity index (χ4v) is 4.33. The van der Waals surface area contributed by atoms with Gasteiger partial charge in [-0.3, -0.25) is 0 Å². The van der Waals surface area contributed by atoms with E-state index in [1.165, 1.54) is 11.1 Å². The first-order valence-electron chi connectivity index (χ1n) is 11.1. The van der Waals surface area contributed by atoms with E-state index in [1.54, 1.807) is 6.07 Å². The molecular formula is C25H27N5O4. The number of nitriles is 1. The number of amides is 1. The van der Waals surface area contributed by atoms with Crippen LogP contribution in [-0.4, -0.2) is 43.9 Å². The predicted octanol–water partition coefficient (Wildman–Crippen LogP) is 5.08. The summed E-state index contributed by atoms with van der Waals surface area (Å²) < 4.78 is 11.0. The molecule has 0 spiro atoms. The lowest BCUT2D eigenvalue weighted by Crippen LogP contribution is -2.44. The lowest BCUT2D eigenvalue weighted by atomic mass is 9.77. The fraction of sp³-hybridized carbons (Fsp3) is 0.400. The van der Waals surface area contributed by atoms with E-state index in [-0.39, 0.29) is 34.9 Å². The van der Waals surface area contributed by atoms with Crippen LogP contribution < -0.4 is 4.74 Å². The van der Waals surface area contributed by atoms with E-state index in [0.717, 1.165) is 16.7 Å². The predicted molar refractivity (Wildman–Crippen MR) is 124 cm³/mol. The molecule has 1 unspecified atom stereocenters. The number of benzene rings is 1. The van der Waals surface area contributed by atoms with Gasteiger partial charge in [0.2, 0.25) is 11.7 Å². The molecule has 3 heterocycles. The molecule has 0 aliphatic carbocycles. The van der Waals surface area contributed by atoms with Gasteiger partial charge in [0.05, 0.1) is 17.7 Å². The van der Waals surface area contributed by atoms with Crippen LogP contribution in [0.15, 0.2) is 35.0 Å². The van der Waals surface area contributed by atoms with Crippen LogP contribution in [0.1, 0.15) is 57.4 Å². The molecule has 0 saturated carbocycles. The molecule has 1 aliphatic heterocycles. The van der Waals surface area contributed by atoms with Gasteiger partial charge in [-0.2, -0.15) is 10.2 Å². The van der Waals surface area contributed by atoms with Gasteiger partial charge >= 0.3 is 6.09 Å². The van der Waals surface area contributed by atoms with Gasteiger partial charge in [0.15, 0.2) is 0 Å². The zero-order valence-electron chi connectivity index (χ0n) is 19.9. The molecule has 1 aromatic carbocycles. The zero-order valence-corrected chi connectivity index (χ0v) is 19.9. The smallest absolute Gasteiger partial charge is 0.407 e. The quantitative estimate of drug-likeness (QED) is 0.570. The molecule has 0 fully saturated rings. The maximum atomic E-state index is 11.8. The van der Waals surface area contributed by atoms with Crippen molar-refractivity contribution in [2.45, 2.75) is 53.2 Å². The maximum Gasteiger partial charge on any atom is 0.407 e. The summed E-state index contributed by atoms with van der Waals surface area (Å²) in [5.74, 6) is 0.920. The van der Waals surface area contributed by atoms with Gasteiger partial charge in [0.25, 0.3) is 5.89 Å². The van der Waals surface area contributed by atoms with Crippen molar-refractivity contribution in [1.82, 2.24) is 20.0 Å². The Labute approximate surface area is 198 Å². The van der Waals surface area contributed by atoms with Crippen molar-refractivity contribution in [1.29, 1.82) is 5.26 Å². The van der Waals surface area contributed by atoms with Gasteiger partial charge in [-0.25, -0.2) is 9.78 Å². The van der Waals surface area contributed by atoms with Crippen LogP contribution in [0.4, 0.5) is 4.79 Å². The van der Waals surface area contributed by atoms with Crippen molar-refractivity contribution >= 4 is 6.09 Å². The Kier molecular flexibility index (Phi) is 6.00. The van der Waals surface area contributed by atoms with Crippen molar-refractivity contribution in [3.8, 4) is 34.8 Å². The molecule has 0 saturated heterocycles. The van der Waals surface area contributed by atoms with Crippen molar-refractivity contribution in [2.24, 2.45) is 5.41 Å². The van der Waals surface area contributed by atoms with Gasteiger partial charge in [0.1, 0.15) is 11.6 Å². The van der Waals surface area contributed by atoms with Gasteiger partial charge in [-0.05, 0) is 48.9 Å². The molecule has 176 valence electrons. The Morgan fingerprint density at radius 1 is 1.29 bits per heavy atom. The highest BCUT2D eigenvalue weighted by Crippen LogP contribution is 2.43. The first-order chi connectivity index (χ1) is 16.1. The summed E-state index contributed by atoms with van der Waals surface area (Å²) in [6, 6.07) is 9.30. The van der Waals surface area contributed by atoms with Crippen LogP contribution >= 0.6 is 0 Å². The summed E-state index contributed by atoms with van der Waals surface area (Å²) in [5, 5.41) is 23.3. The SMILES string of the molecule is CC(C)Oc1ncc(-c2nc(-c3ccc4c(c3)CCN(C(=O)O)C4C(C)(C)C)no2)cc1C#N. The summed E-state index contributed by atoms with van der Waals surface area (Å²) in [7, 11) is 0. The average molecular weight is 462 g/mol. The van der Waals surface area contributed by atoms with E-state index < -0.39 is 6.09 Å². The van der Waals surface area contributed by atoms with Crippen molar-refractivity contribution in [3.63, 3.8) is 0 Å². The number of fused-ring (bicyclic) bond motifs is 1. The Hall–Kier alpha value is -3.93. The highest BCUT2D eigenvalue weighted by molar-refractivity contribution is 5.68. The third-order valence-corrected chi connectivity index (χ3v) is 5.69. The van der Waals surface area contributed by atoms with Crippen LogP contribution in [0.2, 0.25) is 0 Å². The minimum Gasteiger partial charge on any atom is -0.474 e. The molecule has 1 aliphatic rings. The molecule has 9 nitrogen and oxygen atoms in total. The number of carboxylic acid groups (broad SMARTS) is 1. The number of hydrogen-bond donors (Lipinski definition) is 1. The molecule has 2 aromatic heterocycles. The van der Waals surface area contributed by atoms with E-state index in [1.807, 2.05) is 52.8 Å². The highest BCUT2D eigenvalue weighted by Gasteiger charge is 2.38. The lowest BCUT2D eigenvalue weighted by Gasteiger charge is -2.43. The number of rotatable bonds is 4. The molecule has 0 bridgehead atoms. The molecule has 3 aromatic rings. The van der Waals surface area contributed by atoms with Crippen molar-refractivity contribution < 1.29 is 19.2 Å². The summed E-state index contributed by atoms with van der Waals surface area (Å²) in [6.45, 7) is 10.3. The van der Waals surface area contributed by atoms with Crippen LogP contribution in [0.3, 0.4) is 0 Å². The number of ether oxygens (including phenoxy) is 1. The first-order valence-corrected chi connectivity index (χ1v) is 11.1. The molecule has 4 rings (SSSR count). The second-order valence-corrected chi connectivity index (χ2v) is 9.69. The van der Waals surface area contributed by atoms with E-state index in [2.05, 4.69) is 21.2 Å². The van der Waals surface area contributed by atoms with E-state index in [9.17, 15) is 15.2 Å². The normalized spacial score (nSPS) is 15.7. The fourth-order valence-electron chi connectivity index (χ4n) is 4.33. The first kappa shape index (κ1) is 23.2. The Balaban J connectivity index is 1.66. The highest BCUT2D eigenvalue weighted by atomic mass is 16.5. The number of aromatic nitrogens is 3. The van der Waals surface area contributed by atoms with Crippen LogP contribution in [0.5, 0.6) is 5.88 Å². The molecule has 0 radical (unpaired) electrons. The Bertz CT molecular complexity index is 1270. The van der Waals surface area contributed by atoms with Crippen LogP contribution in [0, 0.1) is 16.7 Å². The minimum atomic E-state index is -0.910. The number of carbonyl (C=O) groups is 1. The summed E-state index contributed by atoms with van der Waals surface area (Å²) in [6.07, 6.45) is 1.13. The molecule has 9 heteroatoms. The summed E-state index contributed by atoms with van der Waals surface area (Å²) >= 11 is 0.